The Morgan fingerprint density at radius 1 is 1.00 bits per heavy atom. The van der Waals surface area contributed by atoms with Gasteiger partial charge in [0.15, 0.2) is 0 Å². The SMILES string of the molecule is CC(C)CCCC(C)NC(=O)NC(=O)CC(C)CC(=O)O. The third-order valence-corrected chi connectivity index (χ3v) is 3.11. The van der Waals surface area contributed by atoms with Crippen molar-refractivity contribution in [2.75, 3.05) is 0 Å². The van der Waals surface area contributed by atoms with E-state index in [2.05, 4.69) is 24.5 Å². The Kier molecular flexibility index (Phi) is 9.41. The highest BCUT2D eigenvalue weighted by molar-refractivity contribution is 5.94. The van der Waals surface area contributed by atoms with Gasteiger partial charge in [-0.05, 0) is 25.2 Å². The number of amides is 3. The van der Waals surface area contributed by atoms with E-state index >= 15 is 0 Å². The molecule has 0 saturated carbocycles. The van der Waals surface area contributed by atoms with Crippen LogP contribution in [-0.2, 0) is 9.59 Å². The number of rotatable bonds is 9. The fourth-order valence-corrected chi connectivity index (χ4v) is 2.03. The molecule has 3 N–H and O–H groups in total. The fourth-order valence-electron chi connectivity index (χ4n) is 2.03. The van der Waals surface area contributed by atoms with Crippen LogP contribution in [0.4, 0.5) is 4.79 Å². The van der Waals surface area contributed by atoms with Crippen LogP contribution in [0.25, 0.3) is 0 Å². The molecule has 122 valence electrons. The van der Waals surface area contributed by atoms with E-state index in [1.54, 1.807) is 6.92 Å². The Labute approximate surface area is 126 Å². The van der Waals surface area contributed by atoms with Gasteiger partial charge < -0.3 is 10.4 Å². The van der Waals surface area contributed by atoms with E-state index in [0.717, 1.165) is 19.3 Å². The second-order valence-electron chi connectivity index (χ2n) is 6.15. The number of carboxylic acid groups (broad SMARTS) is 1. The van der Waals surface area contributed by atoms with Gasteiger partial charge in [-0.3, -0.25) is 14.9 Å². The molecule has 0 bridgehead atoms. The molecule has 0 rings (SSSR count). The van der Waals surface area contributed by atoms with E-state index in [9.17, 15) is 14.4 Å². The molecule has 0 aliphatic carbocycles. The molecule has 0 aliphatic heterocycles. The first-order valence-corrected chi connectivity index (χ1v) is 7.52. The molecule has 0 radical (unpaired) electrons. The number of aliphatic carboxylic acids is 1. The Bertz CT molecular complexity index is 356. The minimum atomic E-state index is -0.946. The van der Waals surface area contributed by atoms with Crippen molar-refractivity contribution in [3.63, 3.8) is 0 Å². The smallest absolute Gasteiger partial charge is 0.321 e. The molecule has 0 aromatic carbocycles. The summed E-state index contributed by atoms with van der Waals surface area (Å²) in [5.74, 6) is -1.05. The van der Waals surface area contributed by atoms with Crippen molar-refractivity contribution in [1.29, 1.82) is 0 Å². The molecular formula is C15H28N2O4. The van der Waals surface area contributed by atoms with Gasteiger partial charge >= 0.3 is 12.0 Å². The average Bonchev–Trinajstić information content (AvgIpc) is 2.25. The highest BCUT2D eigenvalue weighted by Crippen LogP contribution is 2.08. The van der Waals surface area contributed by atoms with Crippen molar-refractivity contribution < 1.29 is 19.5 Å². The molecule has 0 saturated heterocycles. The molecule has 2 atom stereocenters. The van der Waals surface area contributed by atoms with Crippen LogP contribution >= 0.6 is 0 Å². The Morgan fingerprint density at radius 2 is 1.62 bits per heavy atom. The quantitative estimate of drug-likeness (QED) is 0.609. The van der Waals surface area contributed by atoms with E-state index in [0.29, 0.717) is 5.92 Å². The van der Waals surface area contributed by atoms with Crippen LogP contribution in [-0.4, -0.2) is 29.1 Å². The summed E-state index contributed by atoms with van der Waals surface area (Å²) < 4.78 is 0. The van der Waals surface area contributed by atoms with Crippen LogP contribution in [0.1, 0.15) is 59.8 Å². The van der Waals surface area contributed by atoms with Gasteiger partial charge in [0.1, 0.15) is 0 Å². The van der Waals surface area contributed by atoms with E-state index in [1.165, 1.54) is 0 Å². The number of imide groups is 1. The summed E-state index contributed by atoms with van der Waals surface area (Å²) in [6.45, 7) is 7.88. The van der Waals surface area contributed by atoms with Crippen LogP contribution in [0.5, 0.6) is 0 Å². The van der Waals surface area contributed by atoms with Crippen molar-refractivity contribution in [3.8, 4) is 0 Å². The van der Waals surface area contributed by atoms with Crippen LogP contribution in [0, 0.1) is 11.8 Å². The highest BCUT2D eigenvalue weighted by atomic mass is 16.4. The molecule has 0 aliphatic rings. The summed E-state index contributed by atoms with van der Waals surface area (Å²) in [5.41, 5.74) is 0. The van der Waals surface area contributed by atoms with Crippen molar-refractivity contribution in [3.05, 3.63) is 0 Å². The van der Waals surface area contributed by atoms with Gasteiger partial charge in [-0.25, -0.2) is 4.79 Å². The van der Waals surface area contributed by atoms with Gasteiger partial charge in [-0.2, -0.15) is 0 Å². The number of hydrogen-bond acceptors (Lipinski definition) is 3. The van der Waals surface area contributed by atoms with E-state index in [-0.39, 0.29) is 24.8 Å². The van der Waals surface area contributed by atoms with Crippen molar-refractivity contribution >= 4 is 17.9 Å². The normalized spacial score (nSPS) is 13.6. The highest BCUT2D eigenvalue weighted by Gasteiger charge is 2.15. The predicted octanol–water partition coefficient (Wildman–Crippen LogP) is 2.53. The average molecular weight is 300 g/mol. The second kappa shape index (κ2) is 10.2. The second-order valence-corrected chi connectivity index (χ2v) is 6.15. The lowest BCUT2D eigenvalue weighted by molar-refractivity contribution is -0.138. The van der Waals surface area contributed by atoms with Gasteiger partial charge in [0.25, 0.3) is 0 Å². The molecule has 0 aromatic rings. The molecule has 6 nitrogen and oxygen atoms in total. The Morgan fingerprint density at radius 3 is 2.14 bits per heavy atom. The lowest BCUT2D eigenvalue weighted by Gasteiger charge is -2.15. The Balaban J connectivity index is 3.91. The summed E-state index contributed by atoms with van der Waals surface area (Å²) in [6, 6.07) is -0.507. The van der Waals surface area contributed by atoms with E-state index < -0.39 is 17.9 Å². The summed E-state index contributed by atoms with van der Waals surface area (Å²) in [4.78, 5) is 33.7. The number of nitrogens with one attached hydrogen (secondary N) is 2. The molecule has 21 heavy (non-hydrogen) atoms. The summed E-state index contributed by atoms with van der Waals surface area (Å²) in [7, 11) is 0. The van der Waals surface area contributed by atoms with E-state index in [4.69, 9.17) is 5.11 Å². The lowest BCUT2D eigenvalue weighted by atomic mass is 10.0. The maximum Gasteiger partial charge on any atom is 0.321 e. The maximum atomic E-state index is 11.6. The molecule has 0 aromatic heterocycles. The zero-order chi connectivity index (χ0) is 16.4. The van der Waals surface area contributed by atoms with Gasteiger partial charge in [-0.15, -0.1) is 0 Å². The number of carbonyl (C=O) groups excluding carboxylic acids is 2. The Hall–Kier alpha value is -1.59. The number of hydrogen-bond donors (Lipinski definition) is 3. The third-order valence-electron chi connectivity index (χ3n) is 3.11. The molecule has 0 heterocycles. The van der Waals surface area contributed by atoms with Crippen LogP contribution in [0.3, 0.4) is 0 Å². The summed E-state index contributed by atoms with van der Waals surface area (Å²) in [5, 5.41) is 13.6. The maximum absolute atomic E-state index is 11.6. The van der Waals surface area contributed by atoms with Gasteiger partial charge in [-0.1, -0.05) is 33.6 Å². The topological polar surface area (TPSA) is 95.5 Å². The first-order chi connectivity index (χ1) is 9.70. The molecule has 0 spiro atoms. The van der Waals surface area contributed by atoms with Gasteiger partial charge in [0.2, 0.25) is 5.91 Å². The van der Waals surface area contributed by atoms with Crippen LogP contribution in [0.15, 0.2) is 0 Å². The molecule has 0 fully saturated rings. The van der Waals surface area contributed by atoms with Gasteiger partial charge in [0.05, 0.1) is 0 Å². The number of carbonyl (C=O) groups is 3. The van der Waals surface area contributed by atoms with Crippen LogP contribution < -0.4 is 10.6 Å². The molecule has 6 heteroatoms. The summed E-state index contributed by atoms with van der Waals surface area (Å²) >= 11 is 0. The number of urea groups is 1. The number of carboxylic acids is 1. The van der Waals surface area contributed by atoms with Gasteiger partial charge in [0, 0.05) is 18.9 Å². The molecule has 2 unspecified atom stereocenters. The minimum Gasteiger partial charge on any atom is -0.481 e. The minimum absolute atomic E-state index is 0.00740. The third kappa shape index (κ3) is 11.9. The monoisotopic (exact) mass is 300 g/mol. The largest absolute Gasteiger partial charge is 0.481 e. The molecular weight excluding hydrogens is 272 g/mol. The molecule has 3 amide bonds. The zero-order valence-electron chi connectivity index (χ0n) is 13.4. The fraction of sp³-hybridized carbons (Fsp3) is 0.800. The first kappa shape index (κ1) is 19.4. The van der Waals surface area contributed by atoms with Crippen molar-refractivity contribution in [2.45, 2.75) is 65.8 Å². The standard InChI is InChI=1S/C15H28N2O4/c1-10(2)6-5-7-12(4)16-15(21)17-13(18)8-11(3)9-14(19)20/h10-12H,5-9H2,1-4H3,(H,19,20)(H2,16,17,18,21). The van der Waals surface area contributed by atoms with Crippen molar-refractivity contribution in [1.82, 2.24) is 10.6 Å². The summed E-state index contributed by atoms with van der Waals surface area (Å²) in [6.07, 6.45) is 2.96. The zero-order valence-corrected chi connectivity index (χ0v) is 13.4. The van der Waals surface area contributed by atoms with Crippen LogP contribution in [0.2, 0.25) is 0 Å². The van der Waals surface area contributed by atoms with E-state index in [1.807, 2.05) is 6.92 Å². The van der Waals surface area contributed by atoms with Crippen molar-refractivity contribution in [2.24, 2.45) is 11.8 Å². The lowest BCUT2D eigenvalue weighted by Crippen LogP contribution is -2.43. The predicted molar refractivity (Wildman–Crippen MR) is 80.9 cm³/mol. The first-order valence-electron chi connectivity index (χ1n) is 7.52.